The molecule has 0 heterocycles. The van der Waals surface area contributed by atoms with E-state index in [-0.39, 0.29) is 0 Å². The van der Waals surface area contributed by atoms with Gasteiger partial charge in [0.15, 0.2) is 0 Å². The molecular weight excluding hydrogens is 188 g/mol. The van der Waals surface area contributed by atoms with E-state index in [9.17, 15) is 0 Å². The molecule has 84 valence electrons. The Kier molecular flexibility index (Phi) is 4.98. The molecule has 0 atom stereocenters. The lowest BCUT2D eigenvalue weighted by Crippen LogP contribution is -2.29. The van der Waals surface area contributed by atoms with Crippen LogP contribution in [0.3, 0.4) is 0 Å². The molecule has 0 aromatic heterocycles. The van der Waals surface area contributed by atoms with Crippen LogP contribution in [0.1, 0.15) is 6.92 Å². The summed E-state index contributed by atoms with van der Waals surface area (Å²) in [5, 5.41) is 3.30. The number of methoxy groups -OCH3 is 1. The van der Waals surface area contributed by atoms with Gasteiger partial charge in [0, 0.05) is 20.1 Å². The molecule has 0 saturated heterocycles. The molecule has 0 aliphatic rings. The van der Waals surface area contributed by atoms with Crippen molar-refractivity contribution in [2.75, 3.05) is 38.7 Å². The summed E-state index contributed by atoms with van der Waals surface area (Å²) in [6.45, 7) is 5.10. The summed E-state index contributed by atoms with van der Waals surface area (Å²) in [6.07, 6.45) is 0. The SMILES string of the molecule is CCNCCN(C)c1ccccc1OC. The highest BCUT2D eigenvalue weighted by atomic mass is 16.5. The Labute approximate surface area is 92.0 Å². The fourth-order valence-electron chi connectivity index (χ4n) is 1.49. The largest absolute Gasteiger partial charge is 0.495 e. The van der Waals surface area contributed by atoms with Gasteiger partial charge in [0.2, 0.25) is 0 Å². The lowest BCUT2D eigenvalue weighted by atomic mass is 10.2. The smallest absolute Gasteiger partial charge is 0.142 e. The number of benzene rings is 1. The fraction of sp³-hybridized carbons (Fsp3) is 0.500. The topological polar surface area (TPSA) is 24.5 Å². The number of likely N-dealkylation sites (N-methyl/N-ethyl adjacent to an activating group) is 2. The van der Waals surface area contributed by atoms with Crippen molar-refractivity contribution in [2.45, 2.75) is 6.92 Å². The summed E-state index contributed by atoms with van der Waals surface area (Å²) in [5.41, 5.74) is 1.14. The second kappa shape index (κ2) is 6.30. The highest BCUT2D eigenvalue weighted by molar-refractivity contribution is 5.57. The van der Waals surface area contributed by atoms with Gasteiger partial charge in [-0.1, -0.05) is 19.1 Å². The molecular formula is C12H20N2O. The molecule has 3 heteroatoms. The summed E-state index contributed by atoms with van der Waals surface area (Å²) in [5.74, 6) is 0.927. The molecule has 0 spiro atoms. The van der Waals surface area contributed by atoms with Crippen molar-refractivity contribution < 1.29 is 4.74 Å². The summed E-state index contributed by atoms with van der Waals surface area (Å²) >= 11 is 0. The number of hydrogen-bond acceptors (Lipinski definition) is 3. The van der Waals surface area contributed by atoms with Crippen molar-refractivity contribution in [1.29, 1.82) is 0 Å². The summed E-state index contributed by atoms with van der Waals surface area (Å²) in [4.78, 5) is 2.20. The molecule has 15 heavy (non-hydrogen) atoms. The van der Waals surface area contributed by atoms with Gasteiger partial charge in [-0.25, -0.2) is 0 Å². The van der Waals surface area contributed by atoms with E-state index in [2.05, 4.69) is 30.3 Å². The zero-order valence-corrected chi connectivity index (χ0v) is 9.79. The summed E-state index contributed by atoms with van der Waals surface area (Å²) in [7, 11) is 3.78. The number of ether oxygens (including phenoxy) is 1. The Balaban J connectivity index is 2.59. The minimum absolute atomic E-state index is 0.927. The molecule has 1 aromatic rings. The average Bonchev–Trinajstić information content (AvgIpc) is 2.29. The van der Waals surface area contributed by atoms with Crippen LogP contribution in [0.15, 0.2) is 24.3 Å². The minimum atomic E-state index is 0.927. The Bertz CT molecular complexity index is 289. The van der Waals surface area contributed by atoms with E-state index in [1.165, 1.54) is 0 Å². The first-order valence-corrected chi connectivity index (χ1v) is 5.34. The zero-order chi connectivity index (χ0) is 11.1. The number of rotatable bonds is 6. The van der Waals surface area contributed by atoms with Gasteiger partial charge < -0.3 is 15.0 Å². The zero-order valence-electron chi connectivity index (χ0n) is 9.79. The van der Waals surface area contributed by atoms with Crippen LogP contribution in [0, 0.1) is 0 Å². The van der Waals surface area contributed by atoms with Crippen molar-refractivity contribution in [1.82, 2.24) is 5.32 Å². The third-order valence-electron chi connectivity index (χ3n) is 2.37. The summed E-state index contributed by atoms with van der Waals surface area (Å²) in [6, 6.07) is 8.08. The number of nitrogens with one attached hydrogen (secondary N) is 1. The number of para-hydroxylation sites is 2. The van der Waals surface area contributed by atoms with Gasteiger partial charge in [-0.05, 0) is 18.7 Å². The van der Waals surface area contributed by atoms with Gasteiger partial charge in [-0.3, -0.25) is 0 Å². The molecule has 0 fully saturated rings. The van der Waals surface area contributed by atoms with Gasteiger partial charge in [-0.15, -0.1) is 0 Å². The van der Waals surface area contributed by atoms with Gasteiger partial charge in [0.25, 0.3) is 0 Å². The lowest BCUT2D eigenvalue weighted by molar-refractivity contribution is 0.415. The quantitative estimate of drug-likeness (QED) is 0.721. The van der Waals surface area contributed by atoms with Crippen LogP contribution in [0.25, 0.3) is 0 Å². The first-order chi connectivity index (χ1) is 7.29. The maximum atomic E-state index is 5.31. The van der Waals surface area contributed by atoms with E-state index >= 15 is 0 Å². The molecule has 1 N–H and O–H groups in total. The third-order valence-corrected chi connectivity index (χ3v) is 2.37. The maximum Gasteiger partial charge on any atom is 0.142 e. The highest BCUT2D eigenvalue weighted by Crippen LogP contribution is 2.25. The second-order valence-corrected chi connectivity index (χ2v) is 3.45. The average molecular weight is 208 g/mol. The van der Waals surface area contributed by atoms with Crippen molar-refractivity contribution in [3.63, 3.8) is 0 Å². The number of nitrogens with zero attached hydrogens (tertiary/aromatic N) is 1. The molecule has 1 aromatic carbocycles. The van der Waals surface area contributed by atoms with Crippen LogP contribution in [0.5, 0.6) is 5.75 Å². The Morgan fingerprint density at radius 1 is 1.33 bits per heavy atom. The predicted molar refractivity (Wildman–Crippen MR) is 64.8 cm³/mol. The highest BCUT2D eigenvalue weighted by Gasteiger charge is 2.05. The predicted octanol–water partition coefficient (Wildman–Crippen LogP) is 1.74. The maximum absolute atomic E-state index is 5.31. The van der Waals surface area contributed by atoms with E-state index in [1.807, 2.05) is 18.2 Å². The van der Waals surface area contributed by atoms with E-state index in [1.54, 1.807) is 7.11 Å². The first-order valence-electron chi connectivity index (χ1n) is 5.34. The van der Waals surface area contributed by atoms with E-state index < -0.39 is 0 Å². The molecule has 0 aliphatic heterocycles. The number of anilines is 1. The third kappa shape index (κ3) is 3.44. The van der Waals surface area contributed by atoms with Gasteiger partial charge >= 0.3 is 0 Å². The van der Waals surface area contributed by atoms with E-state index in [4.69, 9.17) is 4.74 Å². The Morgan fingerprint density at radius 2 is 2.07 bits per heavy atom. The van der Waals surface area contributed by atoms with Crippen LogP contribution >= 0.6 is 0 Å². The van der Waals surface area contributed by atoms with E-state index in [0.29, 0.717) is 0 Å². The van der Waals surface area contributed by atoms with Gasteiger partial charge in [0.1, 0.15) is 5.75 Å². The van der Waals surface area contributed by atoms with Crippen LogP contribution in [-0.4, -0.2) is 33.8 Å². The van der Waals surface area contributed by atoms with Gasteiger partial charge in [0.05, 0.1) is 12.8 Å². The summed E-state index contributed by atoms with van der Waals surface area (Å²) < 4.78 is 5.31. The Morgan fingerprint density at radius 3 is 2.73 bits per heavy atom. The Hall–Kier alpha value is -1.22. The minimum Gasteiger partial charge on any atom is -0.495 e. The first kappa shape index (κ1) is 11.9. The lowest BCUT2D eigenvalue weighted by Gasteiger charge is -2.21. The molecule has 0 bridgehead atoms. The molecule has 0 amide bonds. The molecule has 3 nitrogen and oxygen atoms in total. The van der Waals surface area contributed by atoms with Crippen molar-refractivity contribution in [2.24, 2.45) is 0 Å². The standard InChI is InChI=1S/C12H20N2O/c1-4-13-9-10-14(2)11-7-5-6-8-12(11)15-3/h5-8,13H,4,9-10H2,1-3H3. The monoisotopic (exact) mass is 208 g/mol. The molecule has 0 saturated carbocycles. The molecule has 0 aliphatic carbocycles. The van der Waals surface area contributed by atoms with Crippen LogP contribution < -0.4 is 15.0 Å². The number of hydrogen-bond donors (Lipinski definition) is 1. The normalized spacial score (nSPS) is 10.1. The van der Waals surface area contributed by atoms with Crippen LogP contribution in [0.2, 0.25) is 0 Å². The fourth-order valence-corrected chi connectivity index (χ4v) is 1.49. The van der Waals surface area contributed by atoms with Gasteiger partial charge in [-0.2, -0.15) is 0 Å². The van der Waals surface area contributed by atoms with Crippen LogP contribution in [-0.2, 0) is 0 Å². The molecule has 1 rings (SSSR count). The molecule has 0 radical (unpaired) electrons. The van der Waals surface area contributed by atoms with Crippen molar-refractivity contribution in [3.8, 4) is 5.75 Å². The second-order valence-electron chi connectivity index (χ2n) is 3.45. The van der Waals surface area contributed by atoms with E-state index in [0.717, 1.165) is 31.1 Å². The molecule has 0 unspecified atom stereocenters. The van der Waals surface area contributed by atoms with Crippen LogP contribution in [0.4, 0.5) is 5.69 Å². The van der Waals surface area contributed by atoms with Crippen molar-refractivity contribution in [3.05, 3.63) is 24.3 Å². The van der Waals surface area contributed by atoms with Crippen molar-refractivity contribution >= 4 is 5.69 Å².